The normalized spacial score (nSPS) is 30.9. The fraction of sp³-hybridized carbons (Fsp3) is 0.769. The number of morpholine rings is 1. The molecule has 0 unspecified atom stereocenters. The van der Waals surface area contributed by atoms with E-state index >= 15 is 0 Å². The maximum absolute atomic E-state index is 14.1. The highest BCUT2D eigenvalue weighted by atomic mass is 16.5. The molecule has 1 N–H and O–H groups in total. The average Bonchev–Trinajstić information content (AvgIpc) is 3.30. The highest BCUT2D eigenvalue weighted by Crippen LogP contribution is 2.44. The first kappa shape index (κ1) is 26.7. The second kappa shape index (κ2) is 12.7. The van der Waals surface area contributed by atoms with E-state index in [2.05, 4.69) is 16.6 Å². The van der Waals surface area contributed by atoms with Crippen molar-refractivity contribution >= 4 is 11.8 Å². The molecule has 2 aliphatic carbocycles. The lowest BCUT2D eigenvalue weighted by molar-refractivity contribution is -0.143. The number of carbonyl (C=O) groups is 1. The molecule has 4 aliphatic rings. The number of hydrogen-bond donors (Lipinski definition) is 1. The summed E-state index contributed by atoms with van der Waals surface area (Å²) in [6.45, 7) is 6.72. The van der Waals surface area contributed by atoms with Crippen LogP contribution in [0.2, 0.25) is 0 Å². The fourth-order valence-electron chi connectivity index (χ4n) is 5.86. The molecule has 2 atom stereocenters. The number of hydrogen-bond acceptors (Lipinski definition) is 7. The topological polar surface area (TPSA) is 129 Å². The summed E-state index contributed by atoms with van der Waals surface area (Å²) in [6, 6.07) is 0. The van der Waals surface area contributed by atoms with E-state index in [-0.39, 0.29) is 24.5 Å². The van der Waals surface area contributed by atoms with Crippen LogP contribution >= 0.6 is 0 Å². The minimum absolute atomic E-state index is 0.0647. The minimum atomic E-state index is -1.15. The molecule has 0 aromatic carbocycles. The van der Waals surface area contributed by atoms with Crippen molar-refractivity contribution in [2.75, 3.05) is 39.5 Å². The van der Waals surface area contributed by atoms with E-state index in [0.29, 0.717) is 63.8 Å². The molecule has 1 saturated heterocycles. The van der Waals surface area contributed by atoms with Crippen molar-refractivity contribution < 1.29 is 24.1 Å². The van der Waals surface area contributed by atoms with Crippen LogP contribution in [0.4, 0.5) is 0 Å². The van der Waals surface area contributed by atoms with E-state index in [4.69, 9.17) is 24.3 Å². The Kier molecular flexibility index (Phi) is 9.42. The Morgan fingerprint density at radius 3 is 2.72 bits per heavy atom. The van der Waals surface area contributed by atoms with Crippen LogP contribution < -0.4 is 0 Å². The molecule has 2 fully saturated rings. The summed E-state index contributed by atoms with van der Waals surface area (Å²) in [5.74, 6) is 0.683. The second-order valence-electron chi connectivity index (χ2n) is 10.1. The van der Waals surface area contributed by atoms with Gasteiger partial charge in [-0.15, -0.1) is 6.58 Å². The lowest BCUT2D eigenvalue weighted by Crippen LogP contribution is -2.56. The predicted molar refractivity (Wildman–Crippen MR) is 135 cm³/mol. The van der Waals surface area contributed by atoms with Gasteiger partial charge >= 0.3 is 0 Å². The van der Waals surface area contributed by atoms with E-state index in [1.165, 1.54) is 0 Å². The van der Waals surface area contributed by atoms with Gasteiger partial charge in [0.2, 0.25) is 0 Å². The SMILES string of the molecule is C=CC[C@@]1(C(=O)N2CCOCC2)N=C(C2CCC(OCCCO)CC2)O[C@@H]1C1=C(N=[N+]=[N-])CCCC1. The van der Waals surface area contributed by atoms with Crippen molar-refractivity contribution in [3.63, 3.8) is 0 Å². The molecule has 0 radical (unpaired) electrons. The van der Waals surface area contributed by atoms with Crippen LogP contribution in [0.25, 0.3) is 10.4 Å². The number of azide groups is 1. The monoisotopic (exact) mass is 501 g/mol. The van der Waals surface area contributed by atoms with E-state index in [0.717, 1.165) is 50.5 Å². The number of aliphatic hydroxyl groups is 1. The Bertz CT molecular complexity index is 900. The fourth-order valence-corrected chi connectivity index (χ4v) is 5.86. The maximum atomic E-state index is 14.1. The molecule has 0 spiro atoms. The van der Waals surface area contributed by atoms with Crippen LogP contribution in [-0.2, 0) is 19.0 Å². The molecule has 4 rings (SSSR count). The average molecular weight is 502 g/mol. The number of aliphatic imine (C=N–C) groups is 1. The van der Waals surface area contributed by atoms with Crippen LogP contribution in [0.5, 0.6) is 0 Å². The number of nitrogens with zero attached hydrogens (tertiary/aromatic N) is 5. The summed E-state index contributed by atoms with van der Waals surface area (Å²) in [7, 11) is 0. The maximum Gasteiger partial charge on any atom is 0.255 e. The molecule has 198 valence electrons. The van der Waals surface area contributed by atoms with Crippen molar-refractivity contribution in [1.82, 2.24) is 4.90 Å². The Morgan fingerprint density at radius 1 is 1.28 bits per heavy atom. The number of rotatable bonds is 10. The van der Waals surface area contributed by atoms with Crippen molar-refractivity contribution in [3.8, 4) is 0 Å². The first-order chi connectivity index (χ1) is 17.6. The lowest BCUT2D eigenvalue weighted by atomic mass is 9.79. The van der Waals surface area contributed by atoms with Gasteiger partial charge in [-0.3, -0.25) is 4.79 Å². The van der Waals surface area contributed by atoms with Crippen molar-refractivity contribution in [3.05, 3.63) is 34.4 Å². The van der Waals surface area contributed by atoms with E-state index in [1.807, 2.05) is 4.90 Å². The molecule has 1 saturated carbocycles. The van der Waals surface area contributed by atoms with Gasteiger partial charge in [-0.1, -0.05) is 11.2 Å². The van der Waals surface area contributed by atoms with Gasteiger partial charge in [-0.25, -0.2) is 4.99 Å². The molecule has 1 amide bonds. The third-order valence-corrected chi connectivity index (χ3v) is 7.75. The molecule has 2 heterocycles. The first-order valence-corrected chi connectivity index (χ1v) is 13.4. The van der Waals surface area contributed by atoms with E-state index in [9.17, 15) is 10.3 Å². The molecular formula is C26H39N5O5. The molecule has 0 aromatic rings. The quantitative estimate of drug-likeness (QED) is 0.159. The zero-order chi connectivity index (χ0) is 25.4. The Morgan fingerprint density at radius 2 is 2.03 bits per heavy atom. The molecule has 10 heteroatoms. The molecule has 0 bridgehead atoms. The summed E-state index contributed by atoms with van der Waals surface area (Å²) < 4.78 is 18.0. The van der Waals surface area contributed by atoms with Crippen LogP contribution in [0, 0.1) is 5.92 Å². The van der Waals surface area contributed by atoms with Gasteiger partial charge in [-0.2, -0.15) is 0 Å². The highest BCUT2D eigenvalue weighted by Gasteiger charge is 2.56. The number of carbonyl (C=O) groups excluding carboxylic acids is 1. The van der Waals surface area contributed by atoms with Crippen LogP contribution in [-0.4, -0.2) is 79.1 Å². The van der Waals surface area contributed by atoms with Gasteiger partial charge in [0.05, 0.1) is 19.3 Å². The zero-order valence-electron chi connectivity index (χ0n) is 21.1. The van der Waals surface area contributed by atoms with E-state index < -0.39 is 11.6 Å². The number of amides is 1. The summed E-state index contributed by atoms with van der Waals surface area (Å²) in [5.41, 5.74) is 9.65. The lowest BCUT2D eigenvalue weighted by Gasteiger charge is -2.38. The van der Waals surface area contributed by atoms with Crippen LogP contribution in [0.1, 0.15) is 64.2 Å². The Balaban J connectivity index is 1.64. The van der Waals surface area contributed by atoms with E-state index in [1.54, 1.807) is 6.08 Å². The number of ether oxygens (including phenoxy) is 3. The number of allylic oxidation sites excluding steroid dienone is 1. The van der Waals surface area contributed by atoms with Gasteiger partial charge in [0, 0.05) is 49.3 Å². The van der Waals surface area contributed by atoms with Gasteiger partial charge < -0.3 is 24.2 Å². The predicted octanol–water partition coefficient (Wildman–Crippen LogP) is 4.05. The summed E-state index contributed by atoms with van der Waals surface area (Å²) >= 11 is 0. The van der Waals surface area contributed by atoms with Gasteiger partial charge in [0.15, 0.2) is 17.5 Å². The summed E-state index contributed by atoms with van der Waals surface area (Å²) in [5, 5.41) is 13.0. The molecule has 2 aliphatic heterocycles. The van der Waals surface area contributed by atoms with Gasteiger partial charge in [0.1, 0.15) is 0 Å². The van der Waals surface area contributed by atoms with Crippen molar-refractivity contribution in [2.24, 2.45) is 16.0 Å². The van der Waals surface area contributed by atoms with Crippen LogP contribution in [0.15, 0.2) is 34.0 Å². The van der Waals surface area contributed by atoms with Gasteiger partial charge in [0.25, 0.3) is 5.91 Å². The largest absolute Gasteiger partial charge is 0.470 e. The van der Waals surface area contributed by atoms with Crippen LogP contribution in [0.3, 0.4) is 0 Å². The third kappa shape index (κ3) is 5.78. The molecule has 10 nitrogen and oxygen atoms in total. The molecule has 0 aromatic heterocycles. The standard InChI is InChI=1S/C26H39N5O5/c1-2-12-26(25(33)31-13-17-34-18-14-31)23(21-6-3-4-7-22(21)29-30-27)36-24(28-26)19-8-10-20(11-9-19)35-16-5-15-32/h2,19-20,23,32H,1,3-18H2/t19?,20?,23-,26-/m1/s1. The summed E-state index contributed by atoms with van der Waals surface area (Å²) in [6.07, 6.45) is 9.16. The third-order valence-electron chi connectivity index (χ3n) is 7.75. The van der Waals surface area contributed by atoms with Gasteiger partial charge in [-0.05, 0) is 68.9 Å². The molecule has 36 heavy (non-hydrogen) atoms. The smallest absolute Gasteiger partial charge is 0.255 e. The van der Waals surface area contributed by atoms with Crippen molar-refractivity contribution in [2.45, 2.75) is 82.0 Å². The highest BCUT2D eigenvalue weighted by molar-refractivity contribution is 5.95. The Hall–Kier alpha value is -2.39. The zero-order valence-corrected chi connectivity index (χ0v) is 21.1. The first-order valence-electron chi connectivity index (χ1n) is 13.4. The number of aliphatic hydroxyl groups excluding tert-OH is 1. The minimum Gasteiger partial charge on any atom is -0.470 e. The second-order valence-corrected chi connectivity index (χ2v) is 10.1. The molecular weight excluding hydrogens is 462 g/mol. The Labute approximate surface area is 213 Å². The summed E-state index contributed by atoms with van der Waals surface area (Å²) in [4.78, 5) is 24.1. The van der Waals surface area contributed by atoms with Crippen molar-refractivity contribution in [1.29, 1.82) is 0 Å².